The molecule has 0 bridgehead atoms. The summed E-state index contributed by atoms with van der Waals surface area (Å²) in [7, 11) is 0. The summed E-state index contributed by atoms with van der Waals surface area (Å²) < 4.78 is 11.0. The van der Waals surface area contributed by atoms with Crippen molar-refractivity contribution >= 4 is 22.8 Å². The molecular weight excluding hydrogens is 294 g/mol. The highest BCUT2D eigenvalue weighted by Gasteiger charge is 2.36. The first-order valence-electron chi connectivity index (χ1n) is 7.50. The third-order valence-corrected chi connectivity index (χ3v) is 4.02. The number of carbonyl (C=O) groups excluding carboxylic acids is 1. The molecule has 3 aromatic rings. The average molecular weight is 309 g/mol. The first-order chi connectivity index (χ1) is 11.3. The fourth-order valence-corrected chi connectivity index (χ4v) is 2.72. The number of hydrogen-bond acceptors (Lipinski definition) is 5. The van der Waals surface area contributed by atoms with Gasteiger partial charge in [0.2, 0.25) is 5.91 Å². The average Bonchev–Trinajstić information content (AvgIpc) is 3.03. The van der Waals surface area contributed by atoms with E-state index in [1.807, 2.05) is 30.3 Å². The minimum Gasteiger partial charge on any atom is -0.488 e. The molecule has 1 aromatic carbocycles. The van der Waals surface area contributed by atoms with Crippen molar-refractivity contribution in [3.05, 3.63) is 49.0 Å². The lowest BCUT2D eigenvalue weighted by atomic mass is 9.81. The van der Waals surface area contributed by atoms with Crippen LogP contribution in [0.5, 0.6) is 5.75 Å². The molecule has 1 saturated carbocycles. The third-order valence-electron chi connectivity index (χ3n) is 4.02. The van der Waals surface area contributed by atoms with Crippen molar-refractivity contribution in [2.75, 3.05) is 5.32 Å². The summed E-state index contributed by atoms with van der Waals surface area (Å²) in [5, 5.41) is 3.70. The fourth-order valence-electron chi connectivity index (χ4n) is 2.72. The number of para-hydroxylation sites is 1. The summed E-state index contributed by atoms with van der Waals surface area (Å²) in [6.07, 6.45) is 6.06. The number of hydrogen-bond donors (Lipinski definition) is 1. The van der Waals surface area contributed by atoms with E-state index in [-0.39, 0.29) is 23.9 Å². The first-order valence-corrected chi connectivity index (χ1v) is 7.50. The van der Waals surface area contributed by atoms with Crippen LogP contribution in [0.4, 0.5) is 6.01 Å². The predicted molar refractivity (Wildman–Crippen MR) is 84.0 cm³/mol. The van der Waals surface area contributed by atoms with Crippen LogP contribution >= 0.6 is 0 Å². The van der Waals surface area contributed by atoms with Gasteiger partial charge in [-0.05, 0) is 25.0 Å². The molecule has 1 aliphatic carbocycles. The molecule has 23 heavy (non-hydrogen) atoms. The van der Waals surface area contributed by atoms with Gasteiger partial charge in [-0.25, -0.2) is 4.98 Å². The van der Waals surface area contributed by atoms with Gasteiger partial charge in [-0.3, -0.25) is 15.1 Å². The number of ether oxygens (including phenoxy) is 1. The number of oxazole rings is 1. The smallest absolute Gasteiger partial charge is 0.301 e. The van der Waals surface area contributed by atoms with Crippen LogP contribution in [0.2, 0.25) is 0 Å². The Bertz CT molecular complexity index is 821. The number of anilines is 1. The summed E-state index contributed by atoms with van der Waals surface area (Å²) in [5.74, 6) is 0.609. The van der Waals surface area contributed by atoms with Crippen LogP contribution in [0, 0.1) is 5.92 Å². The number of benzene rings is 1. The van der Waals surface area contributed by atoms with Crippen molar-refractivity contribution in [1.82, 2.24) is 9.97 Å². The Kier molecular flexibility index (Phi) is 3.42. The zero-order chi connectivity index (χ0) is 15.6. The van der Waals surface area contributed by atoms with Gasteiger partial charge in [0.15, 0.2) is 0 Å². The van der Waals surface area contributed by atoms with Gasteiger partial charge in [-0.2, -0.15) is 0 Å². The second-order valence-corrected chi connectivity index (χ2v) is 5.57. The van der Waals surface area contributed by atoms with E-state index in [0.29, 0.717) is 12.8 Å². The van der Waals surface area contributed by atoms with Crippen molar-refractivity contribution in [3.8, 4) is 5.75 Å². The fraction of sp³-hybridized carbons (Fsp3) is 0.235. The zero-order valence-electron chi connectivity index (χ0n) is 12.3. The number of nitrogens with one attached hydrogen (secondary N) is 1. The lowest BCUT2D eigenvalue weighted by Crippen LogP contribution is -2.40. The Balaban J connectivity index is 1.38. The molecule has 1 N–H and O–H groups in total. The zero-order valence-corrected chi connectivity index (χ0v) is 12.3. The van der Waals surface area contributed by atoms with Crippen LogP contribution < -0.4 is 10.1 Å². The SMILES string of the molecule is O=C(Nc1ncco1)C1CC(Oc2cccc3cccnc23)C1. The van der Waals surface area contributed by atoms with Crippen LogP contribution in [-0.2, 0) is 4.79 Å². The summed E-state index contributed by atoms with van der Waals surface area (Å²) in [4.78, 5) is 20.3. The molecule has 6 nitrogen and oxygen atoms in total. The molecule has 0 atom stereocenters. The Morgan fingerprint density at radius 1 is 1.17 bits per heavy atom. The highest BCUT2D eigenvalue weighted by atomic mass is 16.5. The second kappa shape index (κ2) is 5.72. The molecule has 1 fully saturated rings. The minimum atomic E-state index is -0.0802. The molecule has 116 valence electrons. The summed E-state index contributed by atoms with van der Waals surface area (Å²) in [5.41, 5.74) is 0.850. The second-order valence-electron chi connectivity index (χ2n) is 5.57. The number of fused-ring (bicyclic) bond motifs is 1. The van der Waals surface area contributed by atoms with Gasteiger partial charge in [0, 0.05) is 17.5 Å². The van der Waals surface area contributed by atoms with Crippen molar-refractivity contribution in [2.24, 2.45) is 5.92 Å². The molecular formula is C17H15N3O3. The molecule has 0 saturated heterocycles. The number of nitrogens with zero attached hydrogens (tertiary/aromatic N) is 2. The van der Waals surface area contributed by atoms with E-state index >= 15 is 0 Å². The summed E-state index contributed by atoms with van der Waals surface area (Å²) in [6, 6.07) is 10.0. The predicted octanol–water partition coefficient (Wildman–Crippen LogP) is 3.02. The van der Waals surface area contributed by atoms with Gasteiger partial charge in [0.25, 0.3) is 0 Å². The van der Waals surface area contributed by atoms with E-state index in [4.69, 9.17) is 9.15 Å². The van der Waals surface area contributed by atoms with Crippen LogP contribution in [0.1, 0.15) is 12.8 Å². The lowest BCUT2D eigenvalue weighted by Gasteiger charge is -2.34. The Labute approximate surface area is 132 Å². The maximum atomic E-state index is 12.0. The third kappa shape index (κ3) is 2.75. The molecule has 0 aliphatic heterocycles. The van der Waals surface area contributed by atoms with E-state index in [2.05, 4.69) is 15.3 Å². The number of aromatic nitrogens is 2. The van der Waals surface area contributed by atoms with E-state index in [0.717, 1.165) is 16.7 Å². The lowest BCUT2D eigenvalue weighted by molar-refractivity contribution is -0.125. The van der Waals surface area contributed by atoms with E-state index in [9.17, 15) is 4.79 Å². The van der Waals surface area contributed by atoms with Crippen molar-refractivity contribution in [1.29, 1.82) is 0 Å². The molecule has 2 heterocycles. The monoisotopic (exact) mass is 309 g/mol. The van der Waals surface area contributed by atoms with Crippen molar-refractivity contribution in [2.45, 2.75) is 18.9 Å². The van der Waals surface area contributed by atoms with Gasteiger partial charge < -0.3 is 9.15 Å². The largest absolute Gasteiger partial charge is 0.488 e. The Morgan fingerprint density at radius 2 is 2.04 bits per heavy atom. The topological polar surface area (TPSA) is 77.2 Å². The number of pyridine rings is 1. The minimum absolute atomic E-state index is 0.0305. The standard InChI is InChI=1S/C17H15N3O3/c21-16(20-17-19-7-8-22-17)12-9-13(10-12)23-14-5-1-3-11-4-2-6-18-15(11)14/h1-8,12-13H,9-10H2,(H,19,20,21). The quantitative estimate of drug-likeness (QED) is 0.801. The molecule has 1 aliphatic rings. The highest BCUT2D eigenvalue weighted by Crippen LogP contribution is 2.34. The maximum absolute atomic E-state index is 12.0. The van der Waals surface area contributed by atoms with Gasteiger partial charge in [-0.1, -0.05) is 18.2 Å². The van der Waals surface area contributed by atoms with E-state index < -0.39 is 0 Å². The van der Waals surface area contributed by atoms with Crippen LogP contribution in [0.3, 0.4) is 0 Å². The number of rotatable bonds is 4. The van der Waals surface area contributed by atoms with E-state index in [1.54, 1.807) is 6.20 Å². The summed E-state index contributed by atoms with van der Waals surface area (Å²) >= 11 is 0. The number of carbonyl (C=O) groups is 1. The van der Waals surface area contributed by atoms with E-state index in [1.165, 1.54) is 12.5 Å². The normalized spacial score (nSPS) is 20.0. The van der Waals surface area contributed by atoms with Gasteiger partial charge >= 0.3 is 6.01 Å². The van der Waals surface area contributed by atoms with Gasteiger partial charge in [0.05, 0.1) is 6.20 Å². The molecule has 6 heteroatoms. The molecule has 1 amide bonds. The molecule has 0 radical (unpaired) electrons. The summed E-state index contributed by atoms with van der Waals surface area (Å²) in [6.45, 7) is 0. The molecule has 4 rings (SSSR count). The van der Waals surface area contributed by atoms with Gasteiger partial charge in [-0.15, -0.1) is 0 Å². The first kappa shape index (κ1) is 13.8. The molecule has 0 unspecified atom stereocenters. The Morgan fingerprint density at radius 3 is 2.87 bits per heavy atom. The van der Waals surface area contributed by atoms with Gasteiger partial charge in [0.1, 0.15) is 23.6 Å². The molecule has 0 spiro atoms. The van der Waals surface area contributed by atoms with Crippen LogP contribution in [-0.4, -0.2) is 22.0 Å². The molecule has 2 aromatic heterocycles. The maximum Gasteiger partial charge on any atom is 0.301 e. The highest BCUT2D eigenvalue weighted by molar-refractivity contribution is 5.91. The van der Waals surface area contributed by atoms with Crippen LogP contribution in [0.25, 0.3) is 10.9 Å². The Hall–Kier alpha value is -2.89. The van der Waals surface area contributed by atoms with Crippen molar-refractivity contribution < 1.29 is 13.9 Å². The van der Waals surface area contributed by atoms with Crippen LogP contribution in [0.15, 0.2) is 53.4 Å². The van der Waals surface area contributed by atoms with Crippen molar-refractivity contribution in [3.63, 3.8) is 0 Å². The number of amides is 1.